The van der Waals surface area contributed by atoms with Crippen LogP contribution < -0.4 is 10.5 Å². The van der Waals surface area contributed by atoms with E-state index in [9.17, 15) is 23.3 Å². The molecule has 2 heterocycles. The summed E-state index contributed by atoms with van der Waals surface area (Å²) in [5.41, 5.74) is 1.92. The summed E-state index contributed by atoms with van der Waals surface area (Å²) in [5, 5.41) is 19.4. The zero-order chi connectivity index (χ0) is 27.3. The molecule has 0 radical (unpaired) electrons. The lowest BCUT2D eigenvalue weighted by molar-refractivity contribution is -0.112. The van der Waals surface area contributed by atoms with Crippen molar-refractivity contribution in [2.24, 2.45) is 5.14 Å². The van der Waals surface area contributed by atoms with Crippen molar-refractivity contribution in [3.05, 3.63) is 89.0 Å². The Hall–Kier alpha value is -4.50. The van der Waals surface area contributed by atoms with E-state index in [2.05, 4.69) is 5.32 Å². The van der Waals surface area contributed by atoms with Crippen molar-refractivity contribution in [2.45, 2.75) is 11.8 Å². The third kappa shape index (κ3) is 5.90. The molecule has 192 valence electrons. The van der Waals surface area contributed by atoms with Gasteiger partial charge >= 0.3 is 5.97 Å². The maximum atomic E-state index is 13.0. The number of nitrogens with zero attached hydrogens (tertiary/aromatic N) is 1. The van der Waals surface area contributed by atoms with Crippen LogP contribution in [0.25, 0.3) is 28.5 Å². The molecule has 11 heteroatoms. The third-order valence-electron chi connectivity index (χ3n) is 5.33. The second kappa shape index (κ2) is 11.3. The van der Waals surface area contributed by atoms with Crippen LogP contribution in [0.1, 0.15) is 23.0 Å². The maximum absolute atomic E-state index is 13.0. The first-order valence-electron chi connectivity index (χ1n) is 11.2. The molecule has 0 aliphatic rings. The molecule has 0 atom stereocenters. The molecule has 0 aliphatic carbocycles. The van der Waals surface area contributed by atoms with Crippen molar-refractivity contribution in [1.82, 2.24) is 0 Å². The van der Waals surface area contributed by atoms with Gasteiger partial charge in [-0.15, -0.1) is 11.3 Å². The normalized spacial score (nSPS) is 11.6. The Morgan fingerprint density at radius 2 is 1.79 bits per heavy atom. The highest BCUT2D eigenvalue weighted by molar-refractivity contribution is 7.89. The summed E-state index contributed by atoms with van der Waals surface area (Å²) in [7, 11) is -3.83. The molecule has 0 unspecified atom stereocenters. The number of thiophene rings is 1. The van der Waals surface area contributed by atoms with Gasteiger partial charge in [0, 0.05) is 22.6 Å². The Bertz CT molecular complexity index is 1660. The summed E-state index contributed by atoms with van der Waals surface area (Å²) in [4.78, 5) is 25.7. The van der Waals surface area contributed by atoms with Gasteiger partial charge in [0.1, 0.15) is 33.7 Å². The van der Waals surface area contributed by atoms with Crippen molar-refractivity contribution >= 4 is 44.3 Å². The van der Waals surface area contributed by atoms with E-state index < -0.39 is 21.9 Å². The number of ether oxygens (including phenoxy) is 1. The van der Waals surface area contributed by atoms with Crippen molar-refractivity contribution in [3.63, 3.8) is 0 Å². The fraction of sp³-hybridized carbons (Fsp3) is 0.0741. The third-order valence-corrected chi connectivity index (χ3v) is 7.15. The monoisotopic (exact) mass is 547 g/mol. The number of anilines is 1. The Morgan fingerprint density at radius 1 is 1.08 bits per heavy atom. The van der Waals surface area contributed by atoms with E-state index in [4.69, 9.17) is 14.3 Å². The topological polar surface area (TPSA) is 152 Å². The minimum Gasteiger partial charge on any atom is -0.462 e. The van der Waals surface area contributed by atoms with Crippen LogP contribution in [0, 0.1) is 11.3 Å². The minimum atomic E-state index is -3.83. The van der Waals surface area contributed by atoms with E-state index in [-0.39, 0.29) is 33.4 Å². The highest BCUT2D eigenvalue weighted by atomic mass is 32.2. The van der Waals surface area contributed by atoms with Gasteiger partial charge in [0.15, 0.2) is 0 Å². The van der Waals surface area contributed by atoms with Crippen LogP contribution in [-0.2, 0) is 19.6 Å². The molecule has 0 bridgehead atoms. The molecule has 4 rings (SSSR count). The van der Waals surface area contributed by atoms with E-state index in [1.165, 1.54) is 30.3 Å². The van der Waals surface area contributed by atoms with Crippen LogP contribution in [0.4, 0.5) is 5.00 Å². The van der Waals surface area contributed by atoms with Gasteiger partial charge in [0.05, 0.1) is 11.5 Å². The molecule has 2 aromatic carbocycles. The van der Waals surface area contributed by atoms with Gasteiger partial charge in [0.25, 0.3) is 5.91 Å². The van der Waals surface area contributed by atoms with Crippen LogP contribution >= 0.6 is 11.3 Å². The van der Waals surface area contributed by atoms with Gasteiger partial charge in [0.2, 0.25) is 10.0 Å². The van der Waals surface area contributed by atoms with E-state index >= 15 is 0 Å². The van der Waals surface area contributed by atoms with Crippen molar-refractivity contribution in [2.75, 3.05) is 11.9 Å². The first-order valence-corrected chi connectivity index (χ1v) is 13.6. The fourth-order valence-electron chi connectivity index (χ4n) is 3.54. The predicted octanol–water partition coefficient (Wildman–Crippen LogP) is 5.04. The van der Waals surface area contributed by atoms with Crippen molar-refractivity contribution < 1.29 is 27.2 Å². The van der Waals surface area contributed by atoms with Crippen LogP contribution in [0.5, 0.6) is 0 Å². The molecule has 38 heavy (non-hydrogen) atoms. The van der Waals surface area contributed by atoms with Crippen LogP contribution in [0.3, 0.4) is 0 Å². The van der Waals surface area contributed by atoms with E-state index in [0.29, 0.717) is 16.9 Å². The van der Waals surface area contributed by atoms with Gasteiger partial charge in [-0.3, -0.25) is 4.79 Å². The predicted molar refractivity (Wildman–Crippen MR) is 143 cm³/mol. The lowest BCUT2D eigenvalue weighted by atomic mass is 10.0. The second-order valence-corrected chi connectivity index (χ2v) is 10.3. The van der Waals surface area contributed by atoms with Gasteiger partial charge in [-0.25, -0.2) is 18.4 Å². The zero-order valence-corrected chi connectivity index (χ0v) is 21.6. The number of rotatable bonds is 8. The van der Waals surface area contributed by atoms with E-state index in [0.717, 1.165) is 16.9 Å². The fourth-order valence-corrected chi connectivity index (χ4v) is 5.01. The molecule has 0 spiro atoms. The molecule has 1 amide bonds. The maximum Gasteiger partial charge on any atom is 0.341 e. The summed E-state index contributed by atoms with van der Waals surface area (Å²) < 4.78 is 33.8. The van der Waals surface area contributed by atoms with E-state index in [1.54, 1.807) is 24.4 Å². The molecule has 4 aromatic rings. The summed E-state index contributed by atoms with van der Waals surface area (Å²) in [6, 6.07) is 20.0. The Labute approximate surface area is 222 Å². The Balaban J connectivity index is 1.59. The molecule has 0 saturated carbocycles. The molecule has 0 aliphatic heterocycles. The van der Waals surface area contributed by atoms with Gasteiger partial charge < -0.3 is 14.5 Å². The minimum absolute atomic E-state index is 0.0393. The number of nitrogens with one attached hydrogen (secondary N) is 1. The smallest absolute Gasteiger partial charge is 0.341 e. The zero-order valence-electron chi connectivity index (χ0n) is 20.0. The van der Waals surface area contributed by atoms with Crippen LogP contribution in [-0.4, -0.2) is 26.9 Å². The number of furan rings is 1. The molecular formula is C27H21N3O6S2. The lowest BCUT2D eigenvalue weighted by Crippen LogP contribution is -2.16. The molecule has 0 saturated heterocycles. The van der Waals surface area contributed by atoms with Gasteiger partial charge in [-0.1, -0.05) is 30.3 Å². The largest absolute Gasteiger partial charge is 0.462 e. The molecule has 2 aromatic heterocycles. The quantitative estimate of drug-likeness (QED) is 0.178. The highest BCUT2D eigenvalue weighted by Gasteiger charge is 2.24. The first-order chi connectivity index (χ1) is 18.2. The number of carbonyl (C=O) groups excluding carboxylic acids is 2. The molecular weight excluding hydrogens is 526 g/mol. The lowest BCUT2D eigenvalue weighted by Gasteiger charge is -2.08. The van der Waals surface area contributed by atoms with Crippen molar-refractivity contribution in [3.8, 4) is 28.5 Å². The average molecular weight is 548 g/mol. The number of nitriles is 1. The van der Waals surface area contributed by atoms with E-state index in [1.807, 2.05) is 36.4 Å². The number of primary sulfonamides is 1. The first kappa shape index (κ1) is 26.6. The number of sulfonamides is 1. The number of carbonyl (C=O) groups is 2. The van der Waals surface area contributed by atoms with Crippen LogP contribution in [0.15, 0.2) is 87.0 Å². The van der Waals surface area contributed by atoms with Gasteiger partial charge in [-0.05, 0) is 48.9 Å². The molecule has 0 fully saturated rings. The summed E-state index contributed by atoms with van der Waals surface area (Å²) in [6.07, 6.45) is 1.27. The Morgan fingerprint density at radius 3 is 2.42 bits per heavy atom. The molecule has 9 nitrogen and oxygen atoms in total. The number of benzene rings is 2. The highest BCUT2D eigenvalue weighted by Crippen LogP contribution is 2.36. The number of esters is 1. The van der Waals surface area contributed by atoms with Crippen LogP contribution in [0.2, 0.25) is 0 Å². The summed E-state index contributed by atoms with van der Waals surface area (Å²) >= 11 is 1.15. The standard InChI is InChI=1S/C27H21N3O6S2/c1-2-35-27(32)24-22(17-6-4-3-5-7-17)16-37-26(24)30-25(31)19(15-28)14-20-10-13-23(36-20)18-8-11-21(12-9-18)38(29,33)34/h3-14,16H,2H2,1H3,(H,30,31)(H2,29,33,34)/b19-14+. The summed E-state index contributed by atoms with van der Waals surface area (Å²) in [6.45, 7) is 1.85. The van der Waals surface area contributed by atoms with Gasteiger partial charge in [-0.2, -0.15) is 5.26 Å². The summed E-state index contributed by atoms with van der Waals surface area (Å²) in [5.74, 6) is -0.696. The van der Waals surface area contributed by atoms with Crippen molar-refractivity contribution in [1.29, 1.82) is 5.26 Å². The number of nitrogens with two attached hydrogens (primary N) is 1. The average Bonchev–Trinajstić information content (AvgIpc) is 3.55. The second-order valence-electron chi connectivity index (χ2n) is 7.84. The molecule has 3 N–H and O–H groups in total. The SMILES string of the molecule is CCOC(=O)c1c(-c2ccccc2)csc1NC(=O)/C(C#N)=C/c1ccc(-c2ccc(S(N)(=O)=O)cc2)o1. The Kier molecular flexibility index (Phi) is 7.87. The number of amides is 1. The number of hydrogen-bond donors (Lipinski definition) is 2. The number of hydrogen-bond acceptors (Lipinski definition) is 8.